The van der Waals surface area contributed by atoms with E-state index in [0.29, 0.717) is 13.1 Å². The Balaban J connectivity index is 2.04. The molecule has 0 spiro atoms. The first-order valence-corrected chi connectivity index (χ1v) is 7.12. The van der Waals surface area contributed by atoms with Crippen LogP contribution in [0.5, 0.6) is 5.75 Å². The Labute approximate surface area is 132 Å². The van der Waals surface area contributed by atoms with Crippen LogP contribution in [-0.4, -0.2) is 42.0 Å². The van der Waals surface area contributed by atoms with Crippen molar-refractivity contribution < 1.29 is 24.1 Å². The first-order valence-electron chi connectivity index (χ1n) is 7.12. The topological polar surface area (TPSA) is 111 Å². The highest BCUT2D eigenvalue weighted by atomic mass is 16.7. The van der Waals surface area contributed by atoms with Crippen molar-refractivity contribution in [2.75, 3.05) is 20.2 Å². The number of carbonyl (C=O) groups excluding carboxylic acids is 2. The number of hydroxylamine groups is 1. The Morgan fingerprint density at radius 3 is 2.57 bits per heavy atom. The largest absolute Gasteiger partial charge is 0.490 e. The van der Waals surface area contributed by atoms with E-state index >= 15 is 0 Å². The quantitative estimate of drug-likeness (QED) is 0.671. The zero-order valence-electron chi connectivity index (χ0n) is 12.6. The van der Waals surface area contributed by atoms with Crippen LogP contribution < -0.4 is 10.2 Å². The van der Waals surface area contributed by atoms with E-state index in [1.165, 1.54) is 30.2 Å². The van der Waals surface area contributed by atoms with Crippen molar-refractivity contribution in [2.45, 2.75) is 19.3 Å². The number of benzene rings is 1. The number of hydrogen-bond donors (Lipinski definition) is 1. The number of amides is 2. The van der Waals surface area contributed by atoms with E-state index in [9.17, 15) is 19.7 Å². The number of ether oxygens (including phenoxy) is 1. The lowest BCUT2D eigenvalue weighted by atomic mass is 10.1. The van der Waals surface area contributed by atoms with Gasteiger partial charge in [-0.1, -0.05) is 6.07 Å². The second kappa shape index (κ2) is 7.43. The first-order chi connectivity index (χ1) is 11.0. The fourth-order valence-corrected chi connectivity index (χ4v) is 2.35. The van der Waals surface area contributed by atoms with Gasteiger partial charge in [0.05, 0.1) is 17.6 Å². The highest BCUT2D eigenvalue weighted by molar-refractivity contribution is 5.98. The molecule has 1 aromatic carbocycles. The maximum Gasteiger partial charge on any atom is 0.434 e. The van der Waals surface area contributed by atoms with E-state index < -0.39 is 16.9 Å². The van der Waals surface area contributed by atoms with Crippen molar-refractivity contribution in [3.8, 4) is 5.75 Å². The minimum Gasteiger partial charge on any atom is -0.490 e. The molecule has 23 heavy (non-hydrogen) atoms. The molecule has 1 heterocycles. The summed E-state index contributed by atoms with van der Waals surface area (Å²) in [5.74, 6) is -0.986. The summed E-state index contributed by atoms with van der Waals surface area (Å²) in [7, 11) is 1.22. The number of hydrogen-bond acceptors (Lipinski definition) is 6. The van der Waals surface area contributed by atoms with Crippen LogP contribution in [0.2, 0.25) is 0 Å². The summed E-state index contributed by atoms with van der Waals surface area (Å²) in [6.07, 6.45) is 2.19. The normalized spacial score (nSPS) is 14.0. The molecule has 0 unspecified atom stereocenters. The van der Waals surface area contributed by atoms with Gasteiger partial charge in [0.1, 0.15) is 0 Å². The van der Waals surface area contributed by atoms with Gasteiger partial charge in [-0.2, -0.15) is 5.48 Å². The average Bonchev–Trinajstić information content (AvgIpc) is 2.59. The van der Waals surface area contributed by atoms with Crippen LogP contribution in [0.1, 0.15) is 29.6 Å². The van der Waals surface area contributed by atoms with Crippen molar-refractivity contribution in [1.82, 2.24) is 10.4 Å². The molecule has 2 amide bonds. The molecule has 1 aliphatic heterocycles. The molecule has 0 aromatic heterocycles. The van der Waals surface area contributed by atoms with E-state index in [4.69, 9.17) is 9.57 Å². The Bertz CT molecular complexity index is 613. The lowest BCUT2D eigenvalue weighted by molar-refractivity contribution is -0.385. The lowest BCUT2D eigenvalue weighted by Gasteiger charge is -2.25. The zero-order valence-corrected chi connectivity index (χ0v) is 12.6. The van der Waals surface area contributed by atoms with Crippen LogP contribution in [0.4, 0.5) is 10.5 Å². The van der Waals surface area contributed by atoms with E-state index in [1.807, 2.05) is 5.48 Å². The van der Waals surface area contributed by atoms with Gasteiger partial charge in [0.25, 0.3) is 5.91 Å². The van der Waals surface area contributed by atoms with Crippen molar-refractivity contribution in [1.29, 1.82) is 0 Å². The summed E-state index contributed by atoms with van der Waals surface area (Å²) in [5.41, 5.74) is 1.57. The van der Waals surface area contributed by atoms with Crippen molar-refractivity contribution >= 4 is 17.7 Å². The Morgan fingerprint density at radius 2 is 1.96 bits per heavy atom. The summed E-state index contributed by atoms with van der Waals surface area (Å²) in [6.45, 7) is 1.16. The number of methoxy groups -OCH3 is 1. The number of likely N-dealkylation sites (tertiary alicyclic amines) is 1. The summed E-state index contributed by atoms with van der Waals surface area (Å²) >= 11 is 0. The Hall–Kier alpha value is -2.84. The van der Waals surface area contributed by atoms with Crippen LogP contribution in [0.15, 0.2) is 18.2 Å². The van der Waals surface area contributed by atoms with Crippen LogP contribution in [0.25, 0.3) is 0 Å². The van der Waals surface area contributed by atoms with E-state index in [0.717, 1.165) is 19.3 Å². The number of nitro groups is 1. The molecule has 1 fully saturated rings. The lowest BCUT2D eigenvalue weighted by Crippen LogP contribution is -2.40. The summed E-state index contributed by atoms with van der Waals surface area (Å²) in [5, 5.41) is 10.9. The maximum absolute atomic E-state index is 12.1. The molecule has 1 aromatic rings. The van der Waals surface area contributed by atoms with Crippen molar-refractivity contribution in [2.24, 2.45) is 0 Å². The minimum absolute atomic E-state index is 0.0897. The molecule has 0 aliphatic carbocycles. The van der Waals surface area contributed by atoms with E-state index in [1.54, 1.807) is 0 Å². The molecule has 0 saturated carbocycles. The number of para-hydroxylation sites is 1. The van der Waals surface area contributed by atoms with Gasteiger partial charge >= 0.3 is 11.8 Å². The summed E-state index contributed by atoms with van der Waals surface area (Å²) < 4.78 is 4.93. The number of nitro benzene ring substituents is 1. The molecule has 1 aliphatic rings. The molecule has 0 radical (unpaired) electrons. The van der Waals surface area contributed by atoms with Gasteiger partial charge in [0.2, 0.25) is 5.75 Å². The smallest absolute Gasteiger partial charge is 0.434 e. The minimum atomic E-state index is -0.795. The van der Waals surface area contributed by atoms with Gasteiger partial charge in [-0.3, -0.25) is 14.9 Å². The van der Waals surface area contributed by atoms with Crippen LogP contribution in [-0.2, 0) is 4.84 Å². The average molecular weight is 323 g/mol. The predicted octanol–water partition coefficient (Wildman–Crippen LogP) is 1.87. The van der Waals surface area contributed by atoms with Gasteiger partial charge in [0.15, 0.2) is 0 Å². The zero-order chi connectivity index (χ0) is 16.8. The number of nitrogens with one attached hydrogen (secondary N) is 1. The molecule has 9 nitrogen and oxygen atoms in total. The molecule has 0 atom stereocenters. The number of rotatable bonds is 3. The van der Waals surface area contributed by atoms with Crippen molar-refractivity contribution in [3.63, 3.8) is 0 Å². The molecular formula is C14H17N3O6. The maximum atomic E-state index is 12.1. The number of nitrogens with zero attached hydrogens (tertiary/aromatic N) is 2. The summed E-state index contributed by atoms with van der Waals surface area (Å²) in [4.78, 5) is 40.4. The summed E-state index contributed by atoms with van der Waals surface area (Å²) in [6, 6.07) is 3.91. The van der Waals surface area contributed by atoms with Gasteiger partial charge in [-0.25, -0.2) is 4.79 Å². The van der Waals surface area contributed by atoms with Crippen LogP contribution >= 0.6 is 0 Å². The van der Waals surface area contributed by atoms with Gasteiger partial charge in [-0.15, -0.1) is 0 Å². The molecular weight excluding hydrogens is 306 g/mol. The SMILES string of the molecule is COc1c(C(=O)NOC(=O)N2CCCCC2)cccc1[N+](=O)[O-]. The fourth-order valence-electron chi connectivity index (χ4n) is 2.35. The molecule has 124 valence electrons. The van der Waals surface area contributed by atoms with Gasteiger partial charge < -0.3 is 14.5 Å². The second-order valence-corrected chi connectivity index (χ2v) is 4.96. The molecule has 0 bridgehead atoms. The van der Waals surface area contributed by atoms with Gasteiger partial charge in [0, 0.05) is 19.2 Å². The fraction of sp³-hybridized carbons (Fsp3) is 0.429. The van der Waals surface area contributed by atoms with Gasteiger partial charge in [-0.05, 0) is 25.3 Å². The standard InChI is InChI=1S/C14H17N3O6/c1-22-12-10(6-5-7-11(12)17(20)21)13(18)15-23-14(19)16-8-3-2-4-9-16/h5-7H,2-4,8-9H2,1H3,(H,15,18). The van der Waals surface area contributed by atoms with Crippen LogP contribution in [0.3, 0.4) is 0 Å². The third kappa shape index (κ3) is 3.87. The van der Waals surface area contributed by atoms with E-state index in [-0.39, 0.29) is 17.0 Å². The molecule has 2 rings (SSSR count). The number of carbonyl (C=O) groups is 2. The monoisotopic (exact) mass is 323 g/mol. The molecule has 9 heteroatoms. The highest BCUT2D eigenvalue weighted by Gasteiger charge is 2.24. The Morgan fingerprint density at radius 1 is 1.26 bits per heavy atom. The first kappa shape index (κ1) is 16.5. The number of piperidine rings is 1. The molecule has 1 saturated heterocycles. The second-order valence-electron chi connectivity index (χ2n) is 4.96. The third-order valence-corrected chi connectivity index (χ3v) is 3.48. The third-order valence-electron chi connectivity index (χ3n) is 3.48. The highest BCUT2D eigenvalue weighted by Crippen LogP contribution is 2.30. The van der Waals surface area contributed by atoms with Crippen molar-refractivity contribution in [3.05, 3.63) is 33.9 Å². The predicted molar refractivity (Wildman–Crippen MR) is 79.0 cm³/mol. The molecule has 1 N–H and O–H groups in total. The van der Waals surface area contributed by atoms with E-state index in [2.05, 4.69) is 0 Å². The Kier molecular flexibility index (Phi) is 5.34. The van der Waals surface area contributed by atoms with Crippen LogP contribution in [0, 0.1) is 10.1 Å².